The molecule has 14 heteroatoms. The molecule has 4 N–H and O–H groups in total. The van der Waals surface area contributed by atoms with Gasteiger partial charge >= 0.3 is 14.2 Å². The van der Waals surface area contributed by atoms with Gasteiger partial charge in [-0.2, -0.15) is 253 Å². The van der Waals surface area contributed by atoms with Crippen LogP contribution in [0.25, 0.3) is 66.8 Å². The van der Waals surface area contributed by atoms with Crippen LogP contribution in [-0.4, -0.2) is 34.3 Å². The monoisotopic (exact) mass is 1820 g/mol. The summed E-state index contributed by atoms with van der Waals surface area (Å²) in [5.74, 6) is 0. The van der Waals surface area contributed by atoms with Crippen molar-refractivity contribution in [2.24, 2.45) is 0 Å². The van der Waals surface area contributed by atoms with Crippen molar-refractivity contribution >= 4 is 57.0 Å². The smallest absolute Gasteiger partial charge is 0.432 e. The first-order valence-electron chi connectivity index (χ1n) is 29.1. The van der Waals surface area contributed by atoms with Crippen molar-refractivity contribution in [3.63, 3.8) is 0 Å². The van der Waals surface area contributed by atoms with E-state index < -0.39 is 14.2 Å². The number of hydrogen-bond acceptors (Lipinski definition) is 4. The number of rotatable bonds is 8. The van der Waals surface area contributed by atoms with Crippen LogP contribution in [0.2, 0.25) is 0 Å². The third kappa shape index (κ3) is 33.2. The van der Waals surface area contributed by atoms with Gasteiger partial charge < -0.3 is 20.1 Å². The second kappa shape index (κ2) is 54.9. The topological polar surface area (TPSA) is 80.9 Å². The molecule has 0 heterocycles. The molecule has 0 amide bonds. The van der Waals surface area contributed by atoms with Crippen molar-refractivity contribution < 1.29 is 216 Å². The number of benzene rings is 12. The minimum Gasteiger partial charge on any atom is -0.432 e. The van der Waals surface area contributed by atoms with E-state index in [1.807, 2.05) is 186 Å². The molecule has 95 heavy (non-hydrogen) atoms. The third-order valence-corrected chi connectivity index (χ3v) is 14.0. The van der Waals surface area contributed by atoms with Crippen molar-refractivity contribution in [3.05, 3.63) is 346 Å². The Morgan fingerprint density at radius 3 is 0.958 bits per heavy atom. The molecule has 0 fully saturated rings. The van der Waals surface area contributed by atoms with E-state index in [9.17, 15) is 10.0 Å². The molecule has 0 aliphatic carbocycles. The van der Waals surface area contributed by atoms with E-state index in [2.05, 4.69) is 175 Å². The average Bonchev–Trinajstić information content (AvgIpc) is 0.995. The first kappa shape index (κ1) is 95.2. The van der Waals surface area contributed by atoms with Gasteiger partial charge in [0.25, 0.3) is 0 Å². The van der Waals surface area contributed by atoms with Crippen LogP contribution in [0.3, 0.4) is 0 Å². The van der Waals surface area contributed by atoms with Gasteiger partial charge in [0.15, 0.2) is 0 Å². The van der Waals surface area contributed by atoms with E-state index >= 15 is 0 Å². The first-order valence-corrected chi connectivity index (χ1v) is 30.7. The fourth-order valence-corrected chi connectivity index (χ4v) is 9.35. The average molecular weight is 1820 g/mol. The molecule has 0 saturated heterocycles. The van der Waals surface area contributed by atoms with Gasteiger partial charge in [-0.25, -0.2) is 66.8 Å². The zero-order chi connectivity index (χ0) is 64.3. The van der Waals surface area contributed by atoms with E-state index in [1.54, 1.807) is 42.5 Å². The second-order valence-corrected chi connectivity index (χ2v) is 20.9. The minimum absolute atomic E-state index is 0. The third-order valence-electron chi connectivity index (χ3n) is 12.8. The Hall–Kier alpha value is -1.81. The SMILES string of the molecule is Brc1ccc[c-]c1-c1[c-]cccc1.CC.CC.Cc1cc[c-]c(-c2[c-]cccc2C)c1.Cc1ccc[c-]c1-c1[c-]ccc(B(O)O)c1.Cc1ccc[c-]c1-c1[c-]ccc(Br)c1.Cc1ccc[c-]c1-c1[c-]cccc1.OB(O)c1ccc[c-]c1-c1[c-]cccc1.[Y].[Y].[Y].[Y].[Y].[Y]. The molecule has 0 aliphatic rings. The molecule has 4 nitrogen and oxygen atoms in total. The molecule has 12 rings (SSSR count). The molecule has 468 valence electrons. The van der Waals surface area contributed by atoms with Gasteiger partial charge in [0, 0.05) is 196 Å². The Kier molecular flexibility index (Phi) is 55.0. The summed E-state index contributed by atoms with van der Waals surface area (Å²) < 4.78 is 2.13. The van der Waals surface area contributed by atoms with Crippen molar-refractivity contribution in [1.29, 1.82) is 0 Å². The van der Waals surface area contributed by atoms with E-state index in [0.717, 1.165) is 75.7 Å². The molecule has 0 saturated carbocycles. The summed E-state index contributed by atoms with van der Waals surface area (Å²) in [6.45, 7) is 18.4. The molecule has 0 bridgehead atoms. The van der Waals surface area contributed by atoms with E-state index in [0.29, 0.717) is 16.5 Å². The minimum atomic E-state index is -1.48. The second-order valence-electron chi connectivity index (χ2n) is 19.1. The van der Waals surface area contributed by atoms with Crippen molar-refractivity contribution in [3.8, 4) is 66.8 Å². The Balaban J connectivity index is 0. The van der Waals surface area contributed by atoms with Gasteiger partial charge in [0.1, 0.15) is 0 Å². The van der Waals surface area contributed by atoms with Crippen molar-refractivity contribution in [2.75, 3.05) is 0 Å². The van der Waals surface area contributed by atoms with Gasteiger partial charge in [-0.1, -0.05) is 82.7 Å². The zero-order valence-electron chi connectivity index (χ0n) is 55.2. The van der Waals surface area contributed by atoms with Gasteiger partial charge in [-0.05, 0) is 0 Å². The number of hydrogen-bond donors (Lipinski definition) is 4. The van der Waals surface area contributed by atoms with Crippen LogP contribution in [-0.2, 0) is 196 Å². The Morgan fingerprint density at radius 2 is 0.589 bits per heavy atom. The maximum absolute atomic E-state index is 9.19. The molecule has 12 aromatic carbocycles. The summed E-state index contributed by atoms with van der Waals surface area (Å²) in [6.07, 6.45) is 0. The Bertz CT molecular complexity index is 3810. The quantitative estimate of drug-likeness (QED) is 0.0903. The summed E-state index contributed by atoms with van der Waals surface area (Å²) in [5, 5.41) is 36.6. The summed E-state index contributed by atoms with van der Waals surface area (Å²) >= 11 is 6.93. The first-order chi connectivity index (χ1) is 43.3. The molecular weight excluding hydrogens is 1750 g/mol. The largest absolute Gasteiger partial charge is 0.468 e. The van der Waals surface area contributed by atoms with Crippen LogP contribution in [0.4, 0.5) is 0 Å². The molecule has 0 spiro atoms. The molecule has 0 aromatic heterocycles. The molecule has 6 radical (unpaired) electrons. The van der Waals surface area contributed by atoms with Gasteiger partial charge in [0.05, 0.1) is 0 Å². The van der Waals surface area contributed by atoms with Gasteiger partial charge in [-0.15, -0.1) is 116 Å². The Morgan fingerprint density at radius 1 is 0.274 bits per heavy atom. The van der Waals surface area contributed by atoms with Gasteiger partial charge in [0.2, 0.25) is 0 Å². The fraction of sp³-hybridized carbons (Fsp3) is 0.111. The predicted octanol–water partition coefficient (Wildman–Crippen LogP) is 18.2. The Labute approximate surface area is 736 Å². The number of halogens is 2. The van der Waals surface area contributed by atoms with Gasteiger partial charge in [-0.3, -0.25) is 0 Å². The normalized spacial score (nSPS) is 9.13. The predicted molar refractivity (Wildman–Crippen MR) is 379 cm³/mol. The molecule has 0 atom stereocenters. The molecule has 12 aromatic rings. The van der Waals surface area contributed by atoms with Crippen LogP contribution < -0.4 is 10.9 Å². The van der Waals surface area contributed by atoms with E-state index in [-0.39, 0.29) is 196 Å². The summed E-state index contributed by atoms with van der Waals surface area (Å²) in [5.41, 5.74) is 19.1. The maximum Gasteiger partial charge on any atom is 0.468 e. The summed E-state index contributed by atoms with van der Waals surface area (Å²) in [6, 6.07) is 113. The maximum atomic E-state index is 9.19. The number of aryl methyl sites for hydroxylation is 5. The van der Waals surface area contributed by atoms with Crippen LogP contribution in [0.1, 0.15) is 55.5 Å². The van der Waals surface area contributed by atoms with Crippen LogP contribution in [0.15, 0.2) is 246 Å². The standard InChI is InChI=1S/C14H12.C13H11BO2.C13H9Br.C13H10.C12H9BO2.C12H7Br.2C2H6.6Y/c1-11-6-5-8-13(10-11)14-9-4-3-7-12(14)2;1-10-5-2-3-8-13(10)11-6-4-7-12(9-11)14(15)16;1-10-5-2-3-8-13(10)11-6-4-7-12(14)9-11;1-11-7-5-6-10-13(11)12-8-3-2-4-9-12;14-13(15)12-9-5-4-8-11(12)10-6-2-1-3-7-10;13-12-9-5-4-8-11(12)10-6-2-1-3-7-10;2*1-2;;;;;;/h3-7,10H,1-2H3;2-5,7,9,15-16H,1H3;2-5,7,9H,1H3;2-8H,1H3;1-6,9,14-15H;1-6,9H;2*1-2H3;;;;;;/q6*-2;;;;;;;;. The van der Waals surface area contributed by atoms with Crippen LogP contribution in [0, 0.1) is 107 Å². The van der Waals surface area contributed by atoms with Crippen molar-refractivity contribution in [1.82, 2.24) is 0 Å². The van der Waals surface area contributed by atoms with E-state index in [4.69, 9.17) is 10.0 Å². The fourth-order valence-electron chi connectivity index (χ4n) is 8.51. The summed E-state index contributed by atoms with van der Waals surface area (Å²) in [7, 11) is -2.93. The van der Waals surface area contributed by atoms with Crippen LogP contribution in [0.5, 0.6) is 0 Å². The molecule has 0 unspecified atom stereocenters. The molecular formula is C81H70B2Br2O4Y6-12. The van der Waals surface area contributed by atoms with Crippen LogP contribution >= 0.6 is 31.9 Å². The zero-order valence-corrected chi connectivity index (χ0v) is 75.4. The van der Waals surface area contributed by atoms with Crippen molar-refractivity contribution in [2.45, 2.75) is 62.3 Å². The molecule has 0 aliphatic heterocycles. The van der Waals surface area contributed by atoms with E-state index in [1.165, 1.54) is 22.3 Å². The summed E-state index contributed by atoms with van der Waals surface area (Å²) in [4.78, 5) is 0.